The lowest BCUT2D eigenvalue weighted by atomic mass is 10.1. The van der Waals surface area contributed by atoms with Crippen LogP contribution in [0.1, 0.15) is 16.7 Å². The van der Waals surface area contributed by atoms with Crippen LogP contribution >= 0.6 is 0 Å². The number of carbonyl (C=O) groups excluding carboxylic acids is 2. The van der Waals surface area contributed by atoms with Crippen LogP contribution in [-0.2, 0) is 9.59 Å². The second kappa shape index (κ2) is 8.57. The quantitative estimate of drug-likeness (QED) is 0.611. The van der Waals surface area contributed by atoms with Crippen molar-refractivity contribution in [2.45, 2.75) is 20.8 Å². The van der Waals surface area contributed by atoms with Gasteiger partial charge in [-0.05, 0) is 43.4 Å². The number of benzene rings is 3. The van der Waals surface area contributed by atoms with E-state index in [0.29, 0.717) is 0 Å². The maximum Gasteiger partial charge on any atom is 0.243 e. The number of hydrogen-bond acceptors (Lipinski definition) is 3. The second-order valence-corrected chi connectivity index (χ2v) is 6.98. The van der Waals surface area contributed by atoms with E-state index in [1.807, 2.05) is 75.4 Å². The molecule has 3 rings (SSSR count). The summed E-state index contributed by atoms with van der Waals surface area (Å²) in [5, 5.41) is 10.8. The summed E-state index contributed by atoms with van der Waals surface area (Å²) in [6.07, 6.45) is 0. The molecule has 0 aliphatic carbocycles. The van der Waals surface area contributed by atoms with Crippen molar-refractivity contribution in [1.29, 1.82) is 0 Å². The van der Waals surface area contributed by atoms with Crippen LogP contribution < -0.4 is 16.0 Å². The Morgan fingerprint density at radius 2 is 1.50 bits per heavy atom. The third kappa shape index (κ3) is 4.68. The highest BCUT2D eigenvalue weighted by Gasteiger charge is 2.10. The van der Waals surface area contributed by atoms with Crippen molar-refractivity contribution in [2.24, 2.45) is 0 Å². The molecular weight excluding hydrogens is 350 g/mol. The van der Waals surface area contributed by atoms with Gasteiger partial charge in [-0.2, -0.15) is 0 Å². The highest BCUT2D eigenvalue weighted by molar-refractivity contribution is 5.97. The average molecular weight is 375 g/mol. The molecule has 0 aliphatic rings. The van der Waals surface area contributed by atoms with Crippen LogP contribution in [0.2, 0.25) is 0 Å². The maximum absolute atomic E-state index is 12.2. The third-order valence-electron chi connectivity index (χ3n) is 4.62. The van der Waals surface area contributed by atoms with Crippen molar-refractivity contribution in [3.63, 3.8) is 0 Å². The first kappa shape index (κ1) is 19.4. The van der Waals surface area contributed by atoms with Crippen molar-refractivity contribution in [3.8, 4) is 0 Å². The summed E-state index contributed by atoms with van der Waals surface area (Å²) in [5.74, 6) is -0.478. The van der Waals surface area contributed by atoms with Crippen LogP contribution in [0.3, 0.4) is 0 Å². The molecule has 0 heterocycles. The zero-order valence-electron chi connectivity index (χ0n) is 16.4. The lowest BCUT2D eigenvalue weighted by Gasteiger charge is -2.13. The highest BCUT2D eigenvalue weighted by atomic mass is 16.2. The Hall–Kier alpha value is -3.34. The number of carbonyl (C=O) groups is 2. The van der Waals surface area contributed by atoms with E-state index in [-0.39, 0.29) is 24.9 Å². The zero-order chi connectivity index (χ0) is 20.1. The summed E-state index contributed by atoms with van der Waals surface area (Å²) < 4.78 is 0. The molecule has 5 heteroatoms. The Balaban J connectivity index is 1.52. The zero-order valence-corrected chi connectivity index (χ0v) is 16.4. The molecule has 0 spiro atoms. The molecule has 0 unspecified atom stereocenters. The molecule has 0 saturated heterocycles. The Labute approximate surface area is 165 Å². The van der Waals surface area contributed by atoms with Crippen molar-refractivity contribution >= 4 is 34.0 Å². The Morgan fingerprint density at radius 1 is 0.821 bits per heavy atom. The molecule has 3 aromatic carbocycles. The predicted molar refractivity (Wildman–Crippen MR) is 115 cm³/mol. The van der Waals surface area contributed by atoms with Gasteiger partial charge < -0.3 is 16.0 Å². The third-order valence-corrected chi connectivity index (χ3v) is 4.62. The van der Waals surface area contributed by atoms with Gasteiger partial charge in [0.1, 0.15) is 0 Å². The van der Waals surface area contributed by atoms with Crippen LogP contribution in [0, 0.1) is 20.8 Å². The fraction of sp³-hybridized carbons (Fsp3) is 0.217. The van der Waals surface area contributed by atoms with Gasteiger partial charge in [-0.15, -0.1) is 0 Å². The van der Waals surface area contributed by atoms with E-state index in [4.69, 9.17) is 0 Å². The normalized spacial score (nSPS) is 10.5. The minimum Gasteiger partial charge on any atom is -0.376 e. The van der Waals surface area contributed by atoms with E-state index in [9.17, 15) is 9.59 Å². The monoisotopic (exact) mass is 375 g/mol. The minimum atomic E-state index is -0.242. The molecule has 144 valence electrons. The second-order valence-electron chi connectivity index (χ2n) is 6.98. The molecule has 0 atom stereocenters. The number of anilines is 2. The van der Waals surface area contributed by atoms with Gasteiger partial charge in [-0.3, -0.25) is 9.59 Å². The molecule has 0 bridgehead atoms. The smallest absolute Gasteiger partial charge is 0.243 e. The summed E-state index contributed by atoms with van der Waals surface area (Å²) in [6.45, 7) is 5.98. The van der Waals surface area contributed by atoms with Crippen molar-refractivity contribution in [1.82, 2.24) is 5.32 Å². The fourth-order valence-electron chi connectivity index (χ4n) is 3.36. The van der Waals surface area contributed by atoms with Gasteiger partial charge in [0.25, 0.3) is 0 Å². The molecule has 3 N–H and O–H groups in total. The minimum absolute atomic E-state index is 0.0667. The molecule has 2 amide bonds. The first-order valence-electron chi connectivity index (χ1n) is 9.30. The van der Waals surface area contributed by atoms with Crippen LogP contribution in [0.4, 0.5) is 11.4 Å². The van der Waals surface area contributed by atoms with Crippen LogP contribution in [0.25, 0.3) is 10.8 Å². The van der Waals surface area contributed by atoms with Crippen LogP contribution in [-0.4, -0.2) is 24.9 Å². The molecule has 0 fully saturated rings. The molecule has 0 saturated carbocycles. The molecular formula is C23H25N3O2. The van der Waals surface area contributed by atoms with E-state index in [2.05, 4.69) is 16.0 Å². The molecule has 28 heavy (non-hydrogen) atoms. The van der Waals surface area contributed by atoms with E-state index in [1.54, 1.807) is 0 Å². The summed E-state index contributed by atoms with van der Waals surface area (Å²) in [5.41, 5.74) is 4.87. The van der Waals surface area contributed by atoms with Crippen LogP contribution in [0.15, 0.2) is 54.6 Å². The summed E-state index contributed by atoms with van der Waals surface area (Å²) in [7, 11) is 0. The van der Waals surface area contributed by atoms with Gasteiger partial charge in [-0.1, -0.05) is 54.1 Å². The Morgan fingerprint density at radius 3 is 2.25 bits per heavy atom. The van der Waals surface area contributed by atoms with E-state index >= 15 is 0 Å². The maximum atomic E-state index is 12.2. The number of amides is 2. The van der Waals surface area contributed by atoms with Gasteiger partial charge in [0.2, 0.25) is 11.8 Å². The molecule has 0 aliphatic heterocycles. The Kier molecular flexibility index (Phi) is 5.94. The van der Waals surface area contributed by atoms with Gasteiger partial charge in [0, 0.05) is 16.8 Å². The molecule has 3 aromatic rings. The number of rotatable bonds is 6. The molecule has 5 nitrogen and oxygen atoms in total. The van der Waals surface area contributed by atoms with Crippen LogP contribution in [0.5, 0.6) is 0 Å². The van der Waals surface area contributed by atoms with Crippen molar-refractivity contribution in [2.75, 3.05) is 23.7 Å². The predicted octanol–water partition coefficient (Wildman–Crippen LogP) is 3.93. The van der Waals surface area contributed by atoms with E-state index < -0.39 is 0 Å². The SMILES string of the molecule is Cc1cc(C)c(NC(=O)CNC(=O)CNc2cccc3ccccc23)c(C)c1. The summed E-state index contributed by atoms with van der Waals surface area (Å²) >= 11 is 0. The van der Waals surface area contributed by atoms with Gasteiger partial charge in [0.15, 0.2) is 0 Å². The lowest BCUT2D eigenvalue weighted by Crippen LogP contribution is -2.36. The standard InChI is InChI=1S/C23H25N3O2/c1-15-11-16(2)23(17(3)12-15)26-22(28)14-25-21(27)13-24-20-10-6-8-18-7-4-5-9-19(18)20/h4-12,24H,13-14H2,1-3H3,(H,25,27)(H,26,28). The lowest BCUT2D eigenvalue weighted by molar-refractivity contribution is -0.122. The van der Waals surface area contributed by atoms with E-state index in [0.717, 1.165) is 38.8 Å². The van der Waals surface area contributed by atoms with Gasteiger partial charge >= 0.3 is 0 Å². The molecule has 0 aromatic heterocycles. The van der Waals surface area contributed by atoms with Crippen molar-refractivity contribution < 1.29 is 9.59 Å². The topological polar surface area (TPSA) is 70.2 Å². The number of aryl methyl sites for hydroxylation is 3. The average Bonchev–Trinajstić information content (AvgIpc) is 2.67. The van der Waals surface area contributed by atoms with Crippen molar-refractivity contribution in [3.05, 3.63) is 71.3 Å². The molecule has 0 radical (unpaired) electrons. The Bertz CT molecular complexity index is 999. The summed E-state index contributed by atoms with van der Waals surface area (Å²) in [6, 6.07) is 17.9. The highest BCUT2D eigenvalue weighted by Crippen LogP contribution is 2.23. The number of fused-ring (bicyclic) bond motifs is 1. The summed E-state index contributed by atoms with van der Waals surface area (Å²) in [4.78, 5) is 24.3. The fourth-order valence-corrected chi connectivity index (χ4v) is 3.36. The van der Waals surface area contributed by atoms with Gasteiger partial charge in [0.05, 0.1) is 13.1 Å². The van der Waals surface area contributed by atoms with Gasteiger partial charge in [-0.25, -0.2) is 0 Å². The number of hydrogen-bond donors (Lipinski definition) is 3. The largest absolute Gasteiger partial charge is 0.376 e. The first-order valence-corrected chi connectivity index (χ1v) is 9.30. The van der Waals surface area contributed by atoms with E-state index in [1.165, 1.54) is 0 Å². The first-order chi connectivity index (χ1) is 13.4. The number of nitrogens with one attached hydrogen (secondary N) is 3.